The van der Waals surface area contributed by atoms with E-state index < -0.39 is 30.2 Å². The minimum Gasteiger partial charge on any atom is -0.508 e. The second kappa shape index (κ2) is 10.6. The Balaban J connectivity index is 2.03. The standard InChI is InChI=1S/C19H27N5O6/c1-3-8-24(19(29)22-16(11(2)25)18(27)28)10-15-21-17(23-30-15)14(20)9-12-4-6-13(26)7-5-12/h4-7,11,14,16,25-26H,3,8-10,20H2,1-2H3,(H,22,29)(H,27,28). The number of aliphatic hydroxyl groups is 1. The zero-order chi connectivity index (χ0) is 22.3. The Bertz CT molecular complexity index is 838. The lowest BCUT2D eigenvalue weighted by molar-refractivity contribution is -0.141. The topological polar surface area (TPSA) is 175 Å². The number of amides is 2. The Labute approximate surface area is 173 Å². The maximum Gasteiger partial charge on any atom is 0.328 e. The summed E-state index contributed by atoms with van der Waals surface area (Å²) < 4.78 is 5.20. The van der Waals surface area contributed by atoms with Crippen LogP contribution in [0, 0.1) is 0 Å². The van der Waals surface area contributed by atoms with Crippen molar-refractivity contribution in [3.05, 3.63) is 41.5 Å². The third-order valence-electron chi connectivity index (χ3n) is 4.34. The fourth-order valence-corrected chi connectivity index (χ4v) is 2.76. The highest BCUT2D eigenvalue weighted by atomic mass is 16.5. The number of aliphatic carboxylic acids is 1. The molecule has 0 fully saturated rings. The number of nitrogens with two attached hydrogens (primary N) is 1. The molecule has 1 aromatic carbocycles. The minimum atomic E-state index is -1.44. The first-order chi connectivity index (χ1) is 14.2. The molecular formula is C19H27N5O6. The van der Waals surface area contributed by atoms with Crippen LogP contribution >= 0.6 is 0 Å². The number of hydrogen-bond acceptors (Lipinski definition) is 8. The van der Waals surface area contributed by atoms with E-state index in [2.05, 4.69) is 15.5 Å². The monoisotopic (exact) mass is 421 g/mol. The van der Waals surface area contributed by atoms with Gasteiger partial charge in [-0.05, 0) is 37.5 Å². The van der Waals surface area contributed by atoms with Crippen LogP contribution in [0.25, 0.3) is 0 Å². The summed E-state index contributed by atoms with van der Waals surface area (Å²) in [5, 5.41) is 34.2. The molecule has 1 aromatic heterocycles. The number of aromatic hydroxyl groups is 1. The van der Waals surface area contributed by atoms with Gasteiger partial charge in [-0.3, -0.25) is 0 Å². The largest absolute Gasteiger partial charge is 0.508 e. The highest BCUT2D eigenvalue weighted by Gasteiger charge is 2.28. The van der Waals surface area contributed by atoms with E-state index in [0.29, 0.717) is 19.4 Å². The molecule has 30 heavy (non-hydrogen) atoms. The molecule has 0 aliphatic rings. The molecule has 0 aliphatic heterocycles. The second-order valence-corrected chi connectivity index (χ2v) is 6.95. The Hall–Kier alpha value is -3.18. The number of phenols is 1. The Kier molecular flexibility index (Phi) is 8.13. The lowest BCUT2D eigenvalue weighted by Gasteiger charge is -2.24. The van der Waals surface area contributed by atoms with Gasteiger partial charge in [0.1, 0.15) is 12.3 Å². The van der Waals surface area contributed by atoms with E-state index in [-0.39, 0.29) is 24.0 Å². The normalized spacial score (nSPS) is 14.0. The van der Waals surface area contributed by atoms with Crippen LogP contribution in [0.2, 0.25) is 0 Å². The van der Waals surface area contributed by atoms with Crippen molar-refractivity contribution in [2.45, 2.75) is 51.4 Å². The minimum absolute atomic E-state index is 0.0370. The smallest absolute Gasteiger partial charge is 0.328 e. The molecule has 2 amide bonds. The maximum absolute atomic E-state index is 12.5. The Morgan fingerprint density at radius 3 is 2.53 bits per heavy atom. The van der Waals surface area contributed by atoms with Crippen LogP contribution in [0.4, 0.5) is 4.79 Å². The fraction of sp³-hybridized carbons (Fsp3) is 0.474. The number of nitrogens with one attached hydrogen (secondary N) is 1. The predicted molar refractivity (Wildman–Crippen MR) is 105 cm³/mol. The van der Waals surface area contributed by atoms with E-state index in [1.165, 1.54) is 11.8 Å². The molecule has 0 bridgehead atoms. The summed E-state index contributed by atoms with van der Waals surface area (Å²) in [7, 11) is 0. The summed E-state index contributed by atoms with van der Waals surface area (Å²) >= 11 is 0. The number of carbonyl (C=O) groups is 2. The van der Waals surface area contributed by atoms with Gasteiger partial charge in [-0.1, -0.05) is 24.2 Å². The molecule has 6 N–H and O–H groups in total. The van der Waals surface area contributed by atoms with Gasteiger partial charge in [0.2, 0.25) is 5.89 Å². The zero-order valence-corrected chi connectivity index (χ0v) is 16.9. The van der Waals surface area contributed by atoms with Crippen molar-refractivity contribution in [3.63, 3.8) is 0 Å². The third-order valence-corrected chi connectivity index (χ3v) is 4.34. The molecule has 2 rings (SSSR count). The number of carboxylic acid groups (broad SMARTS) is 1. The van der Waals surface area contributed by atoms with Gasteiger partial charge in [0.25, 0.3) is 0 Å². The van der Waals surface area contributed by atoms with Gasteiger partial charge in [0.15, 0.2) is 11.9 Å². The van der Waals surface area contributed by atoms with Crippen LogP contribution < -0.4 is 11.1 Å². The molecule has 1 heterocycles. The van der Waals surface area contributed by atoms with E-state index in [0.717, 1.165) is 5.56 Å². The number of urea groups is 1. The van der Waals surface area contributed by atoms with Gasteiger partial charge >= 0.3 is 12.0 Å². The van der Waals surface area contributed by atoms with Gasteiger partial charge < -0.3 is 35.8 Å². The molecule has 0 radical (unpaired) electrons. The molecule has 11 heteroatoms. The number of aliphatic hydroxyl groups excluding tert-OH is 1. The van der Waals surface area contributed by atoms with E-state index in [1.54, 1.807) is 24.3 Å². The molecule has 0 saturated heterocycles. The fourth-order valence-electron chi connectivity index (χ4n) is 2.76. The van der Waals surface area contributed by atoms with E-state index >= 15 is 0 Å². The van der Waals surface area contributed by atoms with E-state index in [9.17, 15) is 19.8 Å². The van der Waals surface area contributed by atoms with Gasteiger partial charge in [-0.25, -0.2) is 9.59 Å². The van der Waals surface area contributed by atoms with Gasteiger partial charge in [-0.2, -0.15) is 4.98 Å². The zero-order valence-electron chi connectivity index (χ0n) is 16.9. The van der Waals surface area contributed by atoms with Crippen molar-refractivity contribution in [2.24, 2.45) is 5.73 Å². The summed E-state index contributed by atoms with van der Waals surface area (Å²) in [5.74, 6) is -0.764. The molecule has 0 saturated carbocycles. The van der Waals surface area contributed by atoms with E-state index in [1.807, 2.05) is 6.92 Å². The quantitative estimate of drug-likeness (QED) is 0.371. The van der Waals surface area contributed by atoms with Crippen molar-refractivity contribution in [1.82, 2.24) is 20.4 Å². The van der Waals surface area contributed by atoms with Crippen molar-refractivity contribution in [1.29, 1.82) is 0 Å². The Morgan fingerprint density at radius 1 is 1.30 bits per heavy atom. The Morgan fingerprint density at radius 2 is 1.97 bits per heavy atom. The number of carbonyl (C=O) groups excluding carboxylic acids is 1. The molecule has 164 valence electrons. The van der Waals surface area contributed by atoms with Gasteiger partial charge in [0.05, 0.1) is 12.1 Å². The van der Waals surface area contributed by atoms with Crippen molar-refractivity contribution in [2.75, 3.05) is 6.54 Å². The molecule has 11 nitrogen and oxygen atoms in total. The van der Waals surface area contributed by atoms with Gasteiger partial charge in [0, 0.05) is 6.54 Å². The number of rotatable bonds is 10. The summed E-state index contributed by atoms with van der Waals surface area (Å²) in [6, 6.07) is 3.94. The van der Waals surface area contributed by atoms with Crippen LogP contribution in [0.15, 0.2) is 28.8 Å². The third kappa shape index (κ3) is 6.42. The van der Waals surface area contributed by atoms with E-state index in [4.69, 9.17) is 15.4 Å². The summed E-state index contributed by atoms with van der Waals surface area (Å²) in [5.41, 5.74) is 7.01. The highest BCUT2D eigenvalue weighted by molar-refractivity contribution is 5.83. The van der Waals surface area contributed by atoms with Crippen LogP contribution in [0.3, 0.4) is 0 Å². The average molecular weight is 421 g/mol. The van der Waals surface area contributed by atoms with Crippen molar-refractivity contribution in [3.8, 4) is 5.75 Å². The summed E-state index contributed by atoms with van der Waals surface area (Å²) in [4.78, 5) is 29.2. The number of benzene rings is 1. The van der Waals surface area contributed by atoms with Crippen LogP contribution in [0.5, 0.6) is 5.75 Å². The van der Waals surface area contributed by atoms with Crippen LogP contribution in [0.1, 0.15) is 43.6 Å². The van der Waals surface area contributed by atoms with Crippen molar-refractivity contribution < 1.29 is 29.4 Å². The molecule has 3 unspecified atom stereocenters. The summed E-state index contributed by atoms with van der Waals surface area (Å²) in [6.07, 6.45) is -0.225. The first-order valence-electron chi connectivity index (χ1n) is 9.53. The molecule has 0 aliphatic carbocycles. The van der Waals surface area contributed by atoms with Crippen molar-refractivity contribution >= 4 is 12.0 Å². The number of phenolic OH excluding ortho intramolecular Hbond substituents is 1. The second-order valence-electron chi connectivity index (χ2n) is 6.95. The van der Waals surface area contributed by atoms with Crippen LogP contribution in [-0.4, -0.2) is 61.1 Å². The lowest BCUT2D eigenvalue weighted by atomic mass is 10.1. The molecule has 0 spiro atoms. The average Bonchev–Trinajstić information content (AvgIpc) is 3.15. The molecule has 2 aromatic rings. The SMILES string of the molecule is CCCN(Cc1nc(C(N)Cc2ccc(O)cc2)no1)C(=O)NC(C(=O)O)C(C)O. The van der Waals surface area contributed by atoms with Crippen LogP contribution in [-0.2, 0) is 17.8 Å². The number of carboxylic acids is 1. The predicted octanol–water partition coefficient (Wildman–Crippen LogP) is 0.773. The maximum atomic E-state index is 12.5. The summed E-state index contributed by atoms with van der Waals surface area (Å²) in [6.45, 7) is 3.42. The number of hydrogen-bond donors (Lipinski definition) is 5. The lowest BCUT2D eigenvalue weighted by Crippen LogP contribution is -2.52. The van der Waals surface area contributed by atoms with Gasteiger partial charge in [-0.15, -0.1) is 0 Å². The number of aromatic nitrogens is 2. The number of nitrogens with zero attached hydrogens (tertiary/aromatic N) is 3. The molecule has 3 atom stereocenters. The first kappa shape index (κ1) is 23.1. The highest BCUT2D eigenvalue weighted by Crippen LogP contribution is 2.17. The first-order valence-corrected chi connectivity index (χ1v) is 9.53. The molecular weight excluding hydrogens is 394 g/mol.